The van der Waals surface area contributed by atoms with E-state index in [0.717, 1.165) is 44.9 Å². The maximum Gasteiger partial charge on any atom is 0.118 e. The summed E-state index contributed by atoms with van der Waals surface area (Å²) in [5.74, 6) is 0.916. The number of β-amino-alcohol motifs (C(OH)–C–C–N with tert-alkyl or cyclic N) is 1. The Morgan fingerprint density at radius 1 is 1.29 bits per heavy atom. The minimum atomic E-state index is -0.238. The van der Waals surface area contributed by atoms with E-state index < -0.39 is 0 Å². The molecule has 1 aliphatic heterocycles. The van der Waals surface area contributed by atoms with Crippen LogP contribution in [0.1, 0.15) is 19.4 Å². The summed E-state index contributed by atoms with van der Waals surface area (Å²) < 4.78 is 5.18. The van der Waals surface area contributed by atoms with Gasteiger partial charge in [0.15, 0.2) is 0 Å². The van der Waals surface area contributed by atoms with Gasteiger partial charge < -0.3 is 14.7 Å². The van der Waals surface area contributed by atoms with Crippen molar-refractivity contribution in [1.82, 2.24) is 9.80 Å². The zero-order valence-corrected chi connectivity index (χ0v) is 13.5. The second kappa shape index (κ2) is 7.78. The third kappa shape index (κ3) is 4.99. The van der Waals surface area contributed by atoms with Crippen molar-refractivity contribution in [2.24, 2.45) is 0 Å². The van der Waals surface area contributed by atoms with Crippen molar-refractivity contribution in [2.75, 3.05) is 39.8 Å². The molecule has 0 saturated carbocycles. The lowest BCUT2D eigenvalue weighted by molar-refractivity contribution is 0.0456. The number of rotatable bonds is 6. The first-order valence-corrected chi connectivity index (χ1v) is 7.86. The summed E-state index contributed by atoms with van der Waals surface area (Å²) in [5.41, 5.74) is 1.36. The lowest BCUT2D eigenvalue weighted by Gasteiger charge is -2.40. The van der Waals surface area contributed by atoms with E-state index in [1.54, 1.807) is 7.11 Å². The Bertz CT molecular complexity index is 419. The van der Waals surface area contributed by atoms with E-state index in [1.807, 2.05) is 19.1 Å². The zero-order valence-electron chi connectivity index (χ0n) is 13.5. The number of nitrogens with zero attached hydrogens (tertiary/aromatic N) is 2. The Kier molecular flexibility index (Phi) is 6.03. The van der Waals surface area contributed by atoms with E-state index in [9.17, 15) is 5.11 Å². The van der Waals surface area contributed by atoms with Gasteiger partial charge in [-0.15, -0.1) is 0 Å². The van der Waals surface area contributed by atoms with Crippen molar-refractivity contribution in [3.8, 4) is 5.75 Å². The molecule has 1 aromatic carbocycles. The molecule has 2 atom stereocenters. The van der Waals surface area contributed by atoms with Crippen molar-refractivity contribution in [3.05, 3.63) is 29.8 Å². The largest absolute Gasteiger partial charge is 0.497 e. The van der Waals surface area contributed by atoms with Crippen molar-refractivity contribution in [2.45, 2.75) is 32.4 Å². The smallest absolute Gasteiger partial charge is 0.118 e. The lowest BCUT2D eigenvalue weighted by atomic mass is 10.1. The van der Waals surface area contributed by atoms with Crippen molar-refractivity contribution >= 4 is 0 Å². The van der Waals surface area contributed by atoms with Crippen LogP contribution in [0.2, 0.25) is 0 Å². The average Bonchev–Trinajstić information content (AvgIpc) is 2.48. The van der Waals surface area contributed by atoms with Gasteiger partial charge in [0.2, 0.25) is 0 Å². The van der Waals surface area contributed by atoms with Gasteiger partial charge in [-0.1, -0.05) is 12.1 Å². The van der Waals surface area contributed by atoms with E-state index in [4.69, 9.17) is 4.74 Å². The third-order valence-electron chi connectivity index (χ3n) is 4.22. The van der Waals surface area contributed by atoms with E-state index >= 15 is 0 Å². The van der Waals surface area contributed by atoms with Crippen LogP contribution in [0.3, 0.4) is 0 Å². The van der Waals surface area contributed by atoms with Gasteiger partial charge in [0.25, 0.3) is 0 Å². The summed E-state index contributed by atoms with van der Waals surface area (Å²) in [6.07, 6.45) is 0.839. The number of aliphatic hydroxyl groups is 1. The van der Waals surface area contributed by atoms with Crippen LogP contribution < -0.4 is 4.74 Å². The van der Waals surface area contributed by atoms with Crippen LogP contribution in [0.15, 0.2) is 24.3 Å². The molecule has 0 unspecified atom stereocenters. The molecule has 118 valence electrons. The molecule has 1 saturated heterocycles. The quantitative estimate of drug-likeness (QED) is 0.864. The molecule has 1 aliphatic rings. The van der Waals surface area contributed by atoms with Crippen LogP contribution in [0, 0.1) is 0 Å². The van der Waals surface area contributed by atoms with Gasteiger partial charge in [0.1, 0.15) is 5.75 Å². The molecular formula is C17H28N2O2. The monoisotopic (exact) mass is 292 g/mol. The normalized spacial score (nSPS) is 22.2. The van der Waals surface area contributed by atoms with Gasteiger partial charge in [0.05, 0.1) is 13.2 Å². The average molecular weight is 292 g/mol. The predicted molar refractivity (Wildman–Crippen MR) is 85.9 cm³/mol. The van der Waals surface area contributed by atoms with E-state index in [0.29, 0.717) is 6.04 Å². The molecule has 0 aromatic heterocycles. The second-order valence-corrected chi connectivity index (χ2v) is 6.09. The summed E-state index contributed by atoms with van der Waals surface area (Å²) in [6.45, 7) is 9.22. The first kappa shape index (κ1) is 16.3. The summed E-state index contributed by atoms with van der Waals surface area (Å²) in [5, 5.41) is 9.52. The van der Waals surface area contributed by atoms with Crippen LogP contribution in [0.5, 0.6) is 5.75 Å². The molecule has 4 nitrogen and oxygen atoms in total. The number of hydrogen-bond donors (Lipinski definition) is 1. The molecule has 0 aliphatic carbocycles. The molecule has 4 heteroatoms. The Morgan fingerprint density at radius 2 is 2.00 bits per heavy atom. The molecule has 0 amide bonds. The van der Waals surface area contributed by atoms with Crippen LogP contribution in [0.4, 0.5) is 0 Å². The molecule has 1 heterocycles. The van der Waals surface area contributed by atoms with Gasteiger partial charge in [0, 0.05) is 38.8 Å². The molecule has 0 radical (unpaired) electrons. The van der Waals surface area contributed by atoms with Crippen molar-refractivity contribution in [3.63, 3.8) is 0 Å². The van der Waals surface area contributed by atoms with Gasteiger partial charge in [-0.05, 0) is 38.0 Å². The summed E-state index contributed by atoms with van der Waals surface area (Å²) >= 11 is 0. The molecular weight excluding hydrogens is 264 g/mol. The van der Waals surface area contributed by atoms with Gasteiger partial charge in [-0.3, -0.25) is 4.90 Å². The fourth-order valence-electron chi connectivity index (χ4n) is 2.96. The lowest BCUT2D eigenvalue weighted by Crippen LogP contribution is -2.53. The minimum absolute atomic E-state index is 0.238. The summed E-state index contributed by atoms with van der Waals surface area (Å²) in [4.78, 5) is 4.90. The number of methoxy groups -OCH3 is 1. The van der Waals surface area contributed by atoms with E-state index in [-0.39, 0.29) is 6.10 Å². The number of hydrogen-bond acceptors (Lipinski definition) is 4. The highest BCUT2D eigenvalue weighted by atomic mass is 16.5. The van der Waals surface area contributed by atoms with Crippen molar-refractivity contribution < 1.29 is 9.84 Å². The highest BCUT2D eigenvalue weighted by Gasteiger charge is 2.23. The highest BCUT2D eigenvalue weighted by molar-refractivity contribution is 5.27. The molecule has 21 heavy (non-hydrogen) atoms. The van der Waals surface area contributed by atoms with Crippen LogP contribution in [-0.4, -0.2) is 66.9 Å². The predicted octanol–water partition coefficient (Wildman–Crippen LogP) is 1.62. The summed E-state index contributed by atoms with van der Waals surface area (Å²) in [7, 11) is 1.70. The van der Waals surface area contributed by atoms with Gasteiger partial charge in [-0.25, -0.2) is 0 Å². The van der Waals surface area contributed by atoms with Gasteiger partial charge in [-0.2, -0.15) is 0 Å². The first-order chi connectivity index (χ1) is 10.1. The highest BCUT2D eigenvalue weighted by Crippen LogP contribution is 2.14. The second-order valence-electron chi connectivity index (χ2n) is 6.09. The molecule has 0 spiro atoms. The summed E-state index contributed by atoms with van der Waals surface area (Å²) in [6, 6.07) is 8.86. The Hall–Kier alpha value is -1.10. The third-order valence-corrected chi connectivity index (χ3v) is 4.22. The fourth-order valence-corrected chi connectivity index (χ4v) is 2.96. The zero-order chi connectivity index (χ0) is 15.2. The number of piperazine rings is 1. The molecule has 0 bridgehead atoms. The number of ether oxygens (including phenoxy) is 1. The Morgan fingerprint density at radius 3 is 2.57 bits per heavy atom. The molecule has 1 fully saturated rings. The topological polar surface area (TPSA) is 35.9 Å². The van der Waals surface area contributed by atoms with E-state index in [1.165, 1.54) is 5.56 Å². The molecule has 1 aromatic rings. The first-order valence-electron chi connectivity index (χ1n) is 7.86. The maximum atomic E-state index is 9.52. The van der Waals surface area contributed by atoms with Crippen LogP contribution in [-0.2, 0) is 6.42 Å². The molecule has 1 N–H and O–H groups in total. The fraction of sp³-hybridized carbons (Fsp3) is 0.647. The maximum absolute atomic E-state index is 9.52. The standard InChI is InChI=1S/C17H28N2O2/c1-14-12-18(10-11-19(14)13-15(2)20)9-8-16-4-6-17(21-3)7-5-16/h4-7,14-15,20H,8-13H2,1-3H3/t14-,15-/m1/s1. The van der Waals surface area contributed by atoms with Gasteiger partial charge >= 0.3 is 0 Å². The minimum Gasteiger partial charge on any atom is -0.497 e. The molecule has 2 rings (SSSR count). The SMILES string of the molecule is COc1ccc(CCN2CCN(C[C@@H](C)O)[C@H](C)C2)cc1. The Balaban J connectivity index is 1.77. The van der Waals surface area contributed by atoms with Crippen molar-refractivity contribution in [1.29, 1.82) is 0 Å². The Labute approximate surface area is 128 Å². The van der Waals surface area contributed by atoms with Crippen LogP contribution in [0.25, 0.3) is 0 Å². The van der Waals surface area contributed by atoms with E-state index in [2.05, 4.69) is 28.9 Å². The number of aliphatic hydroxyl groups excluding tert-OH is 1. The number of benzene rings is 1. The van der Waals surface area contributed by atoms with Crippen LogP contribution >= 0.6 is 0 Å².